The van der Waals surface area contributed by atoms with Crippen LogP contribution in [0.15, 0.2) is 53.4 Å². The summed E-state index contributed by atoms with van der Waals surface area (Å²) in [6.07, 6.45) is 0. The molecule has 0 aliphatic carbocycles. The van der Waals surface area contributed by atoms with Gasteiger partial charge in [-0.15, -0.1) is 4.83 Å². The van der Waals surface area contributed by atoms with Crippen molar-refractivity contribution in [3.8, 4) is 0 Å². The second kappa shape index (κ2) is 6.78. The van der Waals surface area contributed by atoms with Crippen LogP contribution in [0.5, 0.6) is 0 Å². The summed E-state index contributed by atoms with van der Waals surface area (Å²) in [6.45, 7) is 1.85. The number of amides is 2. The molecule has 0 spiro atoms. The molecular weight excluding hydrogens is 326 g/mol. The van der Waals surface area contributed by atoms with Gasteiger partial charge in [0.2, 0.25) is 0 Å². The number of rotatable bonds is 4. The largest absolute Gasteiger partial charge is 0.334 e. The molecule has 2 aromatic carbocycles. The van der Waals surface area contributed by atoms with E-state index in [0.717, 1.165) is 5.56 Å². The van der Waals surface area contributed by atoms with Crippen molar-refractivity contribution in [1.82, 2.24) is 10.3 Å². The molecule has 0 radical (unpaired) electrons. The summed E-state index contributed by atoms with van der Waals surface area (Å²) in [4.78, 5) is 13.7. The van der Waals surface area contributed by atoms with Crippen LogP contribution in [0.1, 0.15) is 5.56 Å². The predicted molar refractivity (Wildman–Crippen MR) is 85.1 cm³/mol. The molecule has 0 aliphatic rings. The SMILES string of the molecule is Cc1ccc(S(=O)(=O)NNC(=O)Nc2ccccc2Cl)cc1. The van der Waals surface area contributed by atoms with Crippen molar-refractivity contribution in [3.63, 3.8) is 0 Å². The van der Waals surface area contributed by atoms with Gasteiger partial charge < -0.3 is 5.32 Å². The quantitative estimate of drug-likeness (QED) is 0.748. The summed E-state index contributed by atoms with van der Waals surface area (Å²) < 4.78 is 24.0. The summed E-state index contributed by atoms with van der Waals surface area (Å²) in [6, 6.07) is 12.1. The number of carbonyl (C=O) groups is 1. The molecule has 0 heterocycles. The third-order valence-electron chi connectivity index (χ3n) is 2.75. The molecule has 0 bridgehead atoms. The molecular formula is C14H14ClN3O3S. The second-order valence-electron chi connectivity index (χ2n) is 4.48. The number of anilines is 1. The van der Waals surface area contributed by atoms with E-state index in [4.69, 9.17) is 11.6 Å². The van der Waals surface area contributed by atoms with Gasteiger partial charge in [-0.25, -0.2) is 13.2 Å². The average molecular weight is 340 g/mol. The van der Waals surface area contributed by atoms with Crippen molar-refractivity contribution >= 4 is 33.3 Å². The molecule has 2 amide bonds. The maximum Gasteiger partial charge on any atom is 0.334 e. The Hall–Kier alpha value is -2.09. The van der Waals surface area contributed by atoms with Crippen LogP contribution in [-0.4, -0.2) is 14.4 Å². The summed E-state index contributed by atoms with van der Waals surface area (Å²) >= 11 is 5.89. The highest BCUT2D eigenvalue weighted by Gasteiger charge is 2.15. The Morgan fingerprint density at radius 2 is 1.68 bits per heavy atom. The summed E-state index contributed by atoms with van der Waals surface area (Å²) in [5.41, 5.74) is 3.37. The van der Waals surface area contributed by atoms with E-state index >= 15 is 0 Å². The zero-order valence-corrected chi connectivity index (χ0v) is 13.2. The number of para-hydroxylation sites is 1. The second-order valence-corrected chi connectivity index (χ2v) is 6.57. The molecule has 0 aliphatic heterocycles. The highest BCUT2D eigenvalue weighted by atomic mass is 35.5. The van der Waals surface area contributed by atoms with Crippen molar-refractivity contribution < 1.29 is 13.2 Å². The molecule has 0 fully saturated rings. The van der Waals surface area contributed by atoms with Gasteiger partial charge >= 0.3 is 6.03 Å². The van der Waals surface area contributed by atoms with E-state index in [0.29, 0.717) is 10.7 Å². The van der Waals surface area contributed by atoms with E-state index in [-0.39, 0.29) is 4.90 Å². The first-order chi connectivity index (χ1) is 10.4. The van der Waals surface area contributed by atoms with Crippen molar-refractivity contribution in [1.29, 1.82) is 0 Å². The molecule has 8 heteroatoms. The van der Waals surface area contributed by atoms with Crippen LogP contribution in [0.25, 0.3) is 0 Å². The lowest BCUT2D eigenvalue weighted by Crippen LogP contribution is -2.43. The van der Waals surface area contributed by atoms with Crippen molar-refractivity contribution in [3.05, 3.63) is 59.1 Å². The third-order valence-corrected chi connectivity index (χ3v) is 4.35. The number of sulfonamides is 1. The summed E-state index contributed by atoms with van der Waals surface area (Å²) in [7, 11) is -3.83. The van der Waals surface area contributed by atoms with Crippen LogP contribution in [0.3, 0.4) is 0 Å². The molecule has 0 atom stereocenters. The Balaban J connectivity index is 1.98. The number of carbonyl (C=O) groups excluding carboxylic acids is 1. The van der Waals surface area contributed by atoms with Crippen molar-refractivity contribution in [2.24, 2.45) is 0 Å². The Bertz CT molecular complexity index is 776. The van der Waals surface area contributed by atoms with Crippen LogP contribution in [0.4, 0.5) is 10.5 Å². The predicted octanol–water partition coefficient (Wildman–Crippen LogP) is 2.66. The van der Waals surface area contributed by atoms with E-state index in [9.17, 15) is 13.2 Å². The minimum atomic E-state index is -3.83. The summed E-state index contributed by atoms with van der Waals surface area (Å²) in [5, 5.41) is 2.78. The van der Waals surface area contributed by atoms with Crippen molar-refractivity contribution in [2.45, 2.75) is 11.8 Å². The van der Waals surface area contributed by atoms with Crippen LogP contribution >= 0.6 is 11.6 Å². The van der Waals surface area contributed by atoms with Gasteiger partial charge in [-0.3, -0.25) is 5.43 Å². The Morgan fingerprint density at radius 1 is 1.05 bits per heavy atom. The Morgan fingerprint density at radius 3 is 2.32 bits per heavy atom. The maximum atomic E-state index is 12.0. The molecule has 0 saturated carbocycles. The number of hydrazine groups is 1. The van der Waals surface area contributed by atoms with Crippen LogP contribution in [0, 0.1) is 6.92 Å². The molecule has 0 saturated heterocycles. The van der Waals surface area contributed by atoms with E-state index < -0.39 is 16.1 Å². The number of halogens is 1. The maximum absolute atomic E-state index is 12.0. The van der Waals surface area contributed by atoms with E-state index in [1.54, 1.807) is 36.4 Å². The van der Waals surface area contributed by atoms with E-state index in [2.05, 4.69) is 10.7 Å². The molecule has 22 heavy (non-hydrogen) atoms. The van der Waals surface area contributed by atoms with Gasteiger partial charge in [-0.1, -0.05) is 41.4 Å². The van der Waals surface area contributed by atoms with Gasteiger partial charge in [0.1, 0.15) is 0 Å². The van der Waals surface area contributed by atoms with Gasteiger partial charge in [0.05, 0.1) is 15.6 Å². The normalized spacial score (nSPS) is 11.0. The zero-order valence-electron chi connectivity index (χ0n) is 11.6. The number of hydrogen-bond acceptors (Lipinski definition) is 3. The third kappa shape index (κ3) is 4.20. The number of aryl methyl sites for hydroxylation is 1. The molecule has 116 valence electrons. The van der Waals surface area contributed by atoms with Crippen LogP contribution < -0.4 is 15.6 Å². The van der Waals surface area contributed by atoms with E-state index in [1.807, 2.05) is 11.8 Å². The smallest absolute Gasteiger partial charge is 0.305 e. The Kier molecular flexibility index (Phi) is 5.02. The average Bonchev–Trinajstić information content (AvgIpc) is 2.48. The lowest BCUT2D eigenvalue weighted by Gasteiger charge is -2.10. The molecule has 2 aromatic rings. The van der Waals surface area contributed by atoms with Gasteiger partial charge in [-0.05, 0) is 31.2 Å². The molecule has 0 unspecified atom stereocenters. The minimum Gasteiger partial charge on any atom is -0.305 e. The molecule has 2 rings (SSSR count). The lowest BCUT2D eigenvalue weighted by molar-refractivity contribution is 0.250. The first kappa shape index (κ1) is 16.3. The van der Waals surface area contributed by atoms with Crippen LogP contribution in [-0.2, 0) is 10.0 Å². The standard InChI is InChI=1S/C14H14ClN3O3S/c1-10-6-8-11(9-7-10)22(20,21)18-17-14(19)16-13-5-3-2-4-12(13)15/h2-9,18H,1H3,(H2,16,17,19). The lowest BCUT2D eigenvalue weighted by atomic mass is 10.2. The molecule has 3 N–H and O–H groups in total. The fourth-order valence-corrected chi connectivity index (χ4v) is 2.63. The van der Waals surface area contributed by atoms with Gasteiger partial charge in [0, 0.05) is 0 Å². The Labute approximate surface area is 133 Å². The molecule has 0 aromatic heterocycles. The highest BCUT2D eigenvalue weighted by Crippen LogP contribution is 2.20. The fourth-order valence-electron chi connectivity index (χ4n) is 1.61. The van der Waals surface area contributed by atoms with Gasteiger partial charge in [0.25, 0.3) is 10.0 Å². The molecule has 6 nitrogen and oxygen atoms in total. The van der Waals surface area contributed by atoms with Crippen LogP contribution in [0.2, 0.25) is 5.02 Å². The van der Waals surface area contributed by atoms with Crippen molar-refractivity contribution in [2.75, 3.05) is 5.32 Å². The van der Waals surface area contributed by atoms with E-state index in [1.165, 1.54) is 12.1 Å². The number of urea groups is 1. The number of benzene rings is 2. The highest BCUT2D eigenvalue weighted by molar-refractivity contribution is 7.89. The zero-order chi connectivity index (χ0) is 16.2. The monoisotopic (exact) mass is 339 g/mol. The van der Waals surface area contributed by atoms with Gasteiger partial charge in [-0.2, -0.15) is 0 Å². The first-order valence-corrected chi connectivity index (χ1v) is 8.14. The van der Waals surface area contributed by atoms with Gasteiger partial charge in [0.15, 0.2) is 0 Å². The number of hydrogen-bond donors (Lipinski definition) is 3. The topological polar surface area (TPSA) is 87.3 Å². The summed E-state index contributed by atoms with van der Waals surface area (Å²) in [5.74, 6) is 0. The number of nitrogens with one attached hydrogen (secondary N) is 3. The fraction of sp³-hybridized carbons (Fsp3) is 0.0714. The first-order valence-electron chi connectivity index (χ1n) is 6.28. The minimum absolute atomic E-state index is 0.0520.